The number of rotatable bonds is 10. The fourth-order valence-corrected chi connectivity index (χ4v) is 2.46. The Morgan fingerprint density at radius 2 is 2.00 bits per heavy atom. The van der Waals surface area contributed by atoms with E-state index in [1.807, 2.05) is 13.8 Å². The van der Waals surface area contributed by atoms with Crippen molar-refractivity contribution in [2.75, 3.05) is 18.1 Å². The molecule has 0 radical (unpaired) electrons. The highest BCUT2D eigenvalue weighted by Gasteiger charge is 2.19. The zero-order chi connectivity index (χ0) is 14.0. The van der Waals surface area contributed by atoms with Crippen LogP contribution in [0.2, 0.25) is 0 Å². The molecular weight excluding hydrogens is 250 g/mol. The van der Waals surface area contributed by atoms with Crippen molar-refractivity contribution in [1.82, 2.24) is 5.32 Å². The van der Waals surface area contributed by atoms with Gasteiger partial charge in [-0.1, -0.05) is 27.2 Å². The number of carboxylic acid groups (broad SMARTS) is 1. The summed E-state index contributed by atoms with van der Waals surface area (Å²) in [5.74, 6) is 0.358. The van der Waals surface area contributed by atoms with Crippen molar-refractivity contribution in [2.24, 2.45) is 11.8 Å². The minimum atomic E-state index is -0.831. The predicted molar refractivity (Wildman–Crippen MR) is 75.8 cm³/mol. The first-order valence-electron chi connectivity index (χ1n) is 6.54. The van der Waals surface area contributed by atoms with Crippen LogP contribution in [0.25, 0.3) is 0 Å². The molecule has 106 valence electrons. The van der Waals surface area contributed by atoms with E-state index >= 15 is 0 Å². The second-order valence-electron chi connectivity index (χ2n) is 4.87. The molecule has 0 aromatic heterocycles. The van der Waals surface area contributed by atoms with Crippen molar-refractivity contribution in [1.29, 1.82) is 0 Å². The van der Waals surface area contributed by atoms with Gasteiger partial charge in [0.25, 0.3) is 0 Å². The second-order valence-corrected chi connectivity index (χ2v) is 5.98. The molecule has 4 nitrogen and oxygen atoms in total. The highest BCUT2D eigenvalue weighted by molar-refractivity contribution is 7.99. The van der Waals surface area contributed by atoms with Gasteiger partial charge in [-0.15, -0.1) is 0 Å². The third-order valence-corrected chi connectivity index (χ3v) is 3.57. The van der Waals surface area contributed by atoms with Crippen molar-refractivity contribution in [3.05, 3.63) is 0 Å². The molecule has 5 heteroatoms. The molecule has 0 heterocycles. The molecule has 0 bridgehead atoms. The highest BCUT2D eigenvalue weighted by atomic mass is 32.2. The average molecular weight is 275 g/mol. The molecule has 0 aliphatic carbocycles. The summed E-state index contributed by atoms with van der Waals surface area (Å²) in [5, 5.41) is 11.7. The predicted octanol–water partition coefficient (Wildman–Crippen LogP) is 2.38. The van der Waals surface area contributed by atoms with E-state index in [0.29, 0.717) is 18.1 Å². The van der Waals surface area contributed by atoms with Crippen LogP contribution in [0.4, 0.5) is 0 Å². The van der Waals surface area contributed by atoms with Gasteiger partial charge < -0.3 is 10.4 Å². The van der Waals surface area contributed by atoms with E-state index in [9.17, 15) is 9.59 Å². The molecule has 0 saturated carbocycles. The molecule has 0 aromatic carbocycles. The molecule has 0 rings (SSSR count). The summed E-state index contributed by atoms with van der Waals surface area (Å²) in [6.45, 7) is 6.32. The molecule has 1 unspecified atom stereocenters. The first kappa shape index (κ1) is 17.3. The molecule has 2 N–H and O–H groups in total. The fourth-order valence-electron chi connectivity index (χ4n) is 1.54. The van der Waals surface area contributed by atoms with E-state index < -0.39 is 11.9 Å². The van der Waals surface area contributed by atoms with Gasteiger partial charge in [-0.2, -0.15) is 11.8 Å². The molecule has 0 saturated heterocycles. The smallest absolute Gasteiger partial charge is 0.308 e. The van der Waals surface area contributed by atoms with Crippen molar-refractivity contribution >= 4 is 23.6 Å². The minimum Gasteiger partial charge on any atom is -0.481 e. The SMILES string of the molecule is CCCCSCC(=O)NCC(CC(C)C)C(=O)O. The van der Waals surface area contributed by atoms with Crippen LogP contribution in [0.1, 0.15) is 40.0 Å². The number of amides is 1. The Balaban J connectivity index is 3.82. The number of hydrogen-bond acceptors (Lipinski definition) is 3. The lowest BCUT2D eigenvalue weighted by atomic mass is 9.97. The number of aliphatic carboxylic acids is 1. The zero-order valence-electron chi connectivity index (χ0n) is 11.6. The number of nitrogens with one attached hydrogen (secondary N) is 1. The average Bonchev–Trinajstić information content (AvgIpc) is 2.29. The second kappa shape index (κ2) is 10.2. The van der Waals surface area contributed by atoms with E-state index in [4.69, 9.17) is 5.11 Å². The van der Waals surface area contributed by atoms with Crippen LogP contribution in [0.15, 0.2) is 0 Å². The number of thioether (sulfide) groups is 1. The van der Waals surface area contributed by atoms with Gasteiger partial charge in [0.1, 0.15) is 0 Å². The van der Waals surface area contributed by atoms with Crippen molar-refractivity contribution in [3.8, 4) is 0 Å². The van der Waals surface area contributed by atoms with Gasteiger partial charge in [0.05, 0.1) is 11.7 Å². The van der Waals surface area contributed by atoms with Gasteiger partial charge in [0.15, 0.2) is 0 Å². The molecule has 1 amide bonds. The molecule has 0 spiro atoms. The fraction of sp³-hybridized carbons (Fsp3) is 0.846. The zero-order valence-corrected chi connectivity index (χ0v) is 12.4. The molecule has 1 atom stereocenters. The number of carboxylic acids is 1. The lowest BCUT2D eigenvalue weighted by molar-refractivity contribution is -0.142. The number of unbranched alkanes of at least 4 members (excludes halogenated alkanes) is 1. The van der Waals surface area contributed by atoms with E-state index in [-0.39, 0.29) is 12.5 Å². The van der Waals surface area contributed by atoms with Gasteiger partial charge in [-0.25, -0.2) is 0 Å². The van der Waals surface area contributed by atoms with Crippen molar-refractivity contribution in [2.45, 2.75) is 40.0 Å². The maximum Gasteiger partial charge on any atom is 0.308 e. The van der Waals surface area contributed by atoms with Crippen LogP contribution in [0.3, 0.4) is 0 Å². The maximum absolute atomic E-state index is 11.5. The lowest BCUT2D eigenvalue weighted by Crippen LogP contribution is -2.34. The van der Waals surface area contributed by atoms with Gasteiger partial charge in [0, 0.05) is 6.54 Å². The van der Waals surface area contributed by atoms with Crippen LogP contribution in [0, 0.1) is 11.8 Å². The molecule has 18 heavy (non-hydrogen) atoms. The Morgan fingerprint density at radius 3 is 2.50 bits per heavy atom. The Hall–Kier alpha value is -0.710. The summed E-state index contributed by atoms with van der Waals surface area (Å²) < 4.78 is 0. The van der Waals surface area contributed by atoms with E-state index in [1.54, 1.807) is 11.8 Å². The van der Waals surface area contributed by atoms with Gasteiger partial charge in [-0.3, -0.25) is 9.59 Å². The van der Waals surface area contributed by atoms with Gasteiger partial charge >= 0.3 is 5.97 Å². The Labute approximate surface area is 114 Å². The van der Waals surface area contributed by atoms with Crippen molar-refractivity contribution < 1.29 is 14.7 Å². The Morgan fingerprint density at radius 1 is 1.33 bits per heavy atom. The third kappa shape index (κ3) is 9.33. The van der Waals surface area contributed by atoms with Gasteiger partial charge in [0.2, 0.25) is 5.91 Å². The lowest BCUT2D eigenvalue weighted by Gasteiger charge is -2.15. The first-order valence-corrected chi connectivity index (χ1v) is 7.70. The van der Waals surface area contributed by atoms with Crippen LogP contribution in [-0.4, -0.2) is 35.0 Å². The monoisotopic (exact) mass is 275 g/mol. The number of carbonyl (C=O) groups is 2. The molecular formula is C13H25NO3S. The summed E-state index contributed by atoms with van der Waals surface area (Å²) in [7, 11) is 0. The van der Waals surface area contributed by atoms with E-state index in [2.05, 4.69) is 12.2 Å². The summed E-state index contributed by atoms with van der Waals surface area (Å²) >= 11 is 1.60. The molecule has 0 aliphatic rings. The first-order chi connectivity index (χ1) is 8.47. The van der Waals surface area contributed by atoms with Crippen molar-refractivity contribution in [3.63, 3.8) is 0 Å². The van der Waals surface area contributed by atoms with E-state index in [1.165, 1.54) is 0 Å². The molecule has 0 aromatic rings. The summed E-state index contributed by atoms with van der Waals surface area (Å²) in [6, 6.07) is 0. The van der Waals surface area contributed by atoms with Crippen LogP contribution < -0.4 is 5.32 Å². The largest absolute Gasteiger partial charge is 0.481 e. The summed E-state index contributed by atoms with van der Waals surface area (Å²) in [5.41, 5.74) is 0. The highest BCUT2D eigenvalue weighted by Crippen LogP contribution is 2.11. The summed E-state index contributed by atoms with van der Waals surface area (Å²) in [4.78, 5) is 22.5. The van der Waals surface area contributed by atoms with Crippen LogP contribution >= 0.6 is 11.8 Å². The quantitative estimate of drug-likeness (QED) is 0.601. The van der Waals surface area contributed by atoms with Crippen LogP contribution in [-0.2, 0) is 9.59 Å². The Kier molecular flexibility index (Phi) is 9.83. The van der Waals surface area contributed by atoms with Gasteiger partial charge in [-0.05, 0) is 24.5 Å². The Bertz CT molecular complexity index is 257. The standard InChI is InChI=1S/C13H25NO3S/c1-4-5-6-18-9-12(15)14-8-11(13(16)17)7-10(2)3/h10-11H,4-9H2,1-3H3,(H,14,15)(H,16,17). The third-order valence-electron chi connectivity index (χ3n) is 2.53. The topological polar surface area (TPSA) is 66.4 Å². The summed E-state index contributed by atoms with van der Waals surface area (Å²) in [6.07, 6.45) is 2.84. The van der Waals surface area contributed by atoms with E-state index in [0.717, 1.165) is 18.6 Å². The molecule has 0 fully saturated rings. The minimum absolute atomic E-state index is 0.0638. The maximum atomic E-state index is 11.5. The number of hydrogen-bond donors (Lipinski definition) is 2. The van der Waals surface area contributed by atoms with Crippen LogP contribution in [0.5, 0.6) is 0 Å². The number of carbonyl (C=O) groups excluding carboxylic acids is 1. The normalized spacial score (nSPS) is 12.4. The molecule has 0 aliphatic heterocycles.